The number of rotatable bonds is 5. The number of imide groups is 1. The van der Waals surface area contributed by atoms with Crippen molar-refractivity contribution >= 4 is 11.8 Å². The highest BCUT2D eigenvalue weighted by Gasteiger charge is 2.66. The second-order valence-corrected chi connectivity index (χ2v) is 8.75. The van der Waals surface area contributed by atoms with Crippen molar-refractivity contribution in [2.75, 3.05) is 6.54 Å². The van der Waals surface area contributed by atoms with Crippen LogP contribution in [0.4, 0.5) is 0 Å². The number of unbranched alkanes of at least 4 members (excludes halogenated alkanes) is 3. The summed E-state index contributed by atoms with van der Waals surface area (Å²) in [5.41, 5.74) is 4.50. The lowest BCUT2D eigenvalue weighted by molar-refractivity contribution is -0.140. The van der Waals surface area contributed by atoms with Crippen LogP contribution < -0.4 is 0 Å². The number of carbonyl (C=O) groups excluding carboxylic acids is 2. The SMILES string of the molecule is CCCCCCN1C(=O)C2C3c4ccccc4C(C)(c4ccccc43)C2C1=O. The number of benzene rings is 2. The van der Waals surface area contributed by atoms with E-state index in [-0.39, 0.29) is 29.6 Å². The summed E-state index contributed by atoms with van der Waals surface area (Å²) in [7, 11) is 0. The van der Waals surface area contributed by atoms with Crippen molar-refractivity contribution in [3.8, 4) is 0 Å². The molecule has 0 aromatic heterocycles. The van der Waals surface area contributed by atoms with Crippen LogP contribution >= 0.6 is 0 Å². The van der Waals surface area contributed by atoms with Crippen LogP contribution in [0, 0.1) is 11.8 Å². The highest BCUT2D eigenvalue weighted by atomic mass is 16.2. The van der Waals surface area contributed by atoms with Crippen molar-refractivity contribution in [2.45, 2.75) is 50.9 Å². The first kappa shape index (κ1) is 17.7. The summed E-state index contributed by atoms with van der Waals surface area (Å²) in [6, 6.07) is 16.9. The van der Waals surface area contributed by atoms with Crippen molar-refractivity contribution in [2.24, 2.45) is 11.8 Å². The average molecular weight is 373 g/mol. The first-order chi connectivity index (χ1) is 13.6. The van der Waals surface area contributed by atoms with E-state index in [0.29, 0.717) is 6.54 Å². The lowest BCUT2D eigenvalue weighted by Gasteiger charge is -2.52. The van der Waals surface area contributed by atoms with Crippen molar-refractivity contribution in [1.29, 1.82) is 0 Å². The third-order valence-corrected chi connectivity index (χ3v) is 7.37. The molecule has 2 aromatic carbocycles. The van der Waals surface area contributed by atoms with Crippen LogP contribution in [0.1, 0.15) is 67.7 Å². The van der Waals surface area contributed by atoms with Gasteiger partial charge < -0.3 is 0 Å². The molecule has 2 unspecified atom stereocenters. The lowest BCUT2D eigenvalue weighted by Crippen LogP contribution is -2.51. The van der Waals surface area contributed by atoms with E-state index in [4.69, 9.17) is 0 Å². The van der Waals surface area contributed by atoms with E-state index in [9.17, 15) is 9.59 Å². The molecule has 6 rings (SSSR count). The van der Waals surface area contributed by atoms with Gasteiger partial charge in [-0.2, -0.15) is 0 Å². The minimum atomic E-state index is -0.433. The fraction of sp³-hybridized carbons (Fsp3) is 0.440. The number of nitrogens with zero attached hydrogens (tertiary/aromatic N) is 1. The zero-order valence-electron chi connectivity index (χ0n) is 16.7. The van der Waals surface area contributed by atoms with Gasteiger partial charge in [-0.05, 0) is 28.7 Å². The number of amides is 2. The van der Waals surface area contributed by atoms with Crippen molar-refractivity contribution in [3.05, 3.63) is 70.8 Å². The van der Waals surface area contributed by atoms with E-state index in [1.54, 1.807) is 4.90 Å². The molecule has 4 aliphatic rings. The van der Waals surface area contributed by atoms with Crippen molar-refractivity contribution in [1.82, 2.24) is 4.90 Å². The molecule has 2 atom stereocenters. The van der Waals surface area contributed by atoms with Gasteiger partial charge in [0.15, 0.2) is 0 Å². The Morgan fingerprint density at radius 3 is 2.07 bits per heavy atom. The molecular weight excluding hydrogens is 346 g/mol. The molecule has 0 radical (unpaired) electrons. The van der Waals surface area contributed by atoms with Gasteiger partial charge >= 0.3 is 0 Å². The van der Waals surface area contributed by atoms with Crippen LogP contribution in [0.3, 0.4) is 0 Å². The van der Waals surface area contributed by atoms with Gasteiger partial charge in [-0.3, -0.25) is 14.5 Å². The largest absolute Gasteiger partial charge is 0.282 e. The molecule has 0 saturated carbocycles. The maximum Gasteiger partial charge on any atom is 0.234 e. The molecule has 1 fully saturated rings. The van der Waals surface area contributed by atoms with Gasteiger partial charge in [-0.25, -0.2) is 0 Å². The lowest BCUT2D eigenvalue weighted by atomic mass is 9.48. The fourth-order valence-corrected chi connectivity index (χ4v) is 6.13. The van der Waals surface area contributed by atoms with E-state index in [0.717, 1.165) is 25.7 Å². The number of carbonyl (C=O) groups is 2. The standard InChI is InChI=1S/C25H27NO2/c1-3-4-5-10-15-26-23(27)21-20-16-11-6-8-13-18(16)25(2,22(21)24(26)28)19-14-9-7-12-17(19)20/h6-9,11-14,20-22H,3-5,10,15H2,1-2H3. The summed E-state index contributed by atoms with van der Waals surface area (Å²) in [6.07, 6.45) is 4.29. The zero-order chi connectivity index (χ0) is 19.5. The summed E-state index contributed by atoms with van der Waals surface area (Å²) in [5, 5.41) is 0. The van der Waals surface area contributed by atoms with Crippen LogP contribution in [-0.4, -0.2) is 23.3 Å². The Morgan fingerprint density at radius 1 is 0.857 bits per heavy atom. The normalized spacial score (nSPS) is 29.6. The molecular formula is C25H27NO2. The monoisotopic (exact) mass is 373 g/mol. The zero-order valence-corrected chi connectivity index (χ0v) is 16.7. The van der Waals surface area contributed by atoms with Crippen LogP contribution in [0.2, 0.25) is 0 Å². The third kappa shape index (κ3) is 2.10. The third-order valence-electron chi connectivity index (χ3n) is 7.37. The molecule has 3 heteroatoms. The minimum Gasteiger partial charge on any atom is -0.282 e. The molecule has 2 aromatic rings. The smallest absolute Gasteiger partial charge is 0.234 e. The highest BCUT2D eigenvalue weighted by molar-refractivity contribution is 6.08. The van der Waals surface area contributed by atoms with Gasteiger partial charge in [0.05, 0.1) is 11.8 Å². The fourth-order valence-electron chi connectivity index (χ4n) is 6.13. The van der Waals surface area contributed by atoms with Crippen molar-refractivity contribution in [3.63, 3.8) is 0 Å². The van der Waals surface area contributed by atoms with Crippen LogP contribution in [0.5, 0.6) is 0 Å². The van der Waals surface area contributed by atoms with E-state index in [1.807, 2.05) is 0 Å². The van der Waals surface area contributed by atoms with E-state index in [2.05, 4.69) is 62.4 Å². The van der Waals surface area contributed by atoms with E-state index in [1.165, 1.54) is 22.3 Å². The summed E-state index contributed by atoms with van der Waals surface area (Å²) >= 11 is 0. The maximum absolute atomic E-state index is 13.5. The summed E-state index contributed by atoms with van der Waals surface area (Å²) in [6.45, 7) is 4.93. The molecule has 1 aliphatic heterocycles. The van der Waals surface area contributed by atoms with Gasteiger partial charge in [-0.1, -0.05) is 81.6 Å². The number of likely N-dealkylation sites (tertiary alicyclic amines) is 1. The minimum absolute atomic E-state index is 0.00341. The average Bonchev–Trinajstić information content (AvgIpc) is 2.98. The van der Waals surface area contributed by atoms with Crippen LogP contribution in [0.25, 0.3) is 0 Å². The second kappa shape index (κ2) is 6.30. The first-order valence-corrected chi connectivity index (χ1v) is 10.6. The number of hydrogen-bond donors (Lipinski definition) is 0. The van der Waals surface area contributed by atoms with E-state index < -0.39 is 5.41 Å². The van der Waals surface area contributed by atoms with Gasteiger partial charge in [-0.15, -0.1) is 0 Å². The second-order valence-electron chi connectivity index (χ2n) is 8.75. The van der Waals surface area contributed by atoms with Crippen LogP contribution in [0.15, 0.2) is 48.5 Å². The Labute approximate surface area is 166 Å². The summed E-state index contributed by atoms with van der Waals surface area (Å²) in [5.74, 6) is -0.444. The Bertz CT molecular complexity index is 915. The topological polar surface area (TPSA) is 37.4 Å². The van der Waals surface area contributed by atoms with Gasteiger partial charge in [0.25, 0.3) is 0 Å². The molecule has 1 saturated heterocycles. The Kier molecular flexibility index (Phi) is 3.97. The molecule has 3 aliphatic carbocycles. The molecule has 0 N–H and O–H groups in total. The van der Waals surface area contributed by atoms with Gasteiger partial charge in [0.1, 0.15) is 0 Å². The maximum atomic E-state index is 13.5. The quantitative estimate of drug-likeness (QED) is 0.566. The number of hydrogen-bond acceptors (Lipinski definition) is 2. The van der Waals surface area contributed by atoms with E-state index >= 15 is 0 Å². The molecule has 28 heavy (non-hydrogen) atoms. The molecule has 2 amide bonds. The molecule has 3 nitrogen and oxygen atoms in total. The molecule has 0 spiro atoms. The Balaban J connectivity index is 1.62. The van der Waals surface area contributed by atoms with Gasteiger partial charge in [0, 0.05) is 17.9 Å². The predicted octanol–water partition coefficient (Wildman–Crippen LogP) is 4.63. The summed E-state index contributed by atoms with van der Waals surface area (Å²) < 4.78 is 0. The summed E-state index contributed by atoms with van der Waals surface area (Å²) in [4.78, 5) is 28.6. The Morgan fingerprint density at radius 2 is 1.46 bits per heavy atom. The van der Waals surface area contributed by atoms with Crippen LogP contribution in [-0.2, 0) is 15.0 Å². The molecule has 1 heterocycles. The van der Waals surface area contributed by atoms with Crippen molar-refractivity contribution < 1.29 is 9.59 Å². The molecule has 2 bridgehead atoms. The Hall–Kier alpha value is -2.42. The highest BCUT2D eigenvalue weighted by Crippen LogP contribution is 2.63. The predicted molar refractivity (Wildman–Crippen MR) is 109 cm³/mol. The van der Waals surface area contributed by atoms with Gasteiger partial charge in [0.2, 0.25) is 11.8 Å². The molecule has 144 valence electrons. The first-order valence-electron chi connectivity index (χ1n) is 10.6.